The van der Waals surface area contributed by atoms with Crippen LogP contribution in [0.15, 0.2) is 5.38 Å². The lowest BCUT2D eigenvalue weighted by Gasteiger charge is -2.15. The zero-order valence-electron chi connectivity index (χ0n) is 7.01. The molecule has 0 fully saturated rings. The van der Waals surface area contributed by atoms with Gasteiger partial charge in [0.1, 0.15) is 15.0 Å². The van der Waals surface area contributed by atoms with Gasteiger partial charge in [-0.3, -0.25) is 0 Å². The van der Waals surface area contributed by atoms with Gasteiger partial charge in [-0.15, -0.1) is 11.3 Å². The van der Waals surface area contributed by atoms with Crippen LogP contribution >= 0.6 is 34.5 Å². The highest BCUT2D eigenvalue weighted by atomic mass is 35.5. The second-order valence-electron chi connectivity index (χ2n) is 3.05. The van der Waals surface area contributed by atoms with Gasteiger partial charge in [-0.05, 0) is 19.2 Å². The number of hydrogen-bond acceptors (Lipinski definition) is 3. The van der Waals surface area contributed by atoms with Gasteiger partial charge in [0.15, 0.2) is 0 Å². The van der Waals surface area contributed by atoms with E-state index in [2.05, 4.69) is 0 Å². The topological polar surface area (TPSA) is 34.1 Å². The van der Waals surface area contributed by atoms with E-state index < -0.39 is 15.5 Å². The van der Waals surface area contributed by atoms with E-state index >= 15 is 0 Å². The molecule has 0 atom stereocenters. The van der Waals surface area contributed by atoms with Crippen molar-refractivity contribution < 1.29 is 8.42 Å². The molecule has 0 unspecified atom stereocenters. The molecule has 1 aromatic heterocycles. The zero-order valence-corrected chi connectivity index (χ0v) is 10.2. The van der Waals surface area contributed by atoms with Crippen molar-refractivity contribution in [2.75, 3.05) is 0 Å². The maximum atomic E-state index is 10.9. The molecule has 0 aliphatic heterocycles. The Morgan fingerprint density at radius 2 is 1.92 bits per heavy atom. The summed E-state index contributed by atoms with van der Waals surface area (Å²) in [6.07, 6.45) is 0. The Bertz CT molecular complexity index is 385. The highest BCUT2D eigenvalue weighted by Crippen LogP contribution is 2.39. The molecule has 0 radical (unpaired) electrons. The van der Waals surface area contributed by atoms with Crippen molar-refractivity contribution >= 4 is 45.2 Å². The maximum absolute atomic E-state index is 10.9. The van der Waals surface area contributed by atoms with Crippen molar-refractivity contribution in [2.24, 2.45) is 0 Å². The molecule has 0 saturated carbocycles. The molecule has 0 aliphatic rings. The molecule has 13 heavy (non-hydrogen) atoms. The molecule has 0 bridgehead atoms. The van der Waals surface area contributed by atoms with Crippen LogP contribution in [0.2, 0.25) is 9.36 Å². The van der Waals surface area contributed by atoms with E-state index in [1.807, 2.05) is 0 Å². The van der Waals surface area contributed by atoms with Gasteiger partial charge >= 0.3 is 0 Å². The molecule has 0 amide bonds. The average Bonchev–Trinajstić information content (AvgIpc) is 2.33. The molecule has 0 aromatic carbocycles. The van der Waals surface area contributed by atoms with Crippen LogP contribution in [0, 0.1) is 0 Å². The van der Waals surface area contributed by atoms with E-state index in [0.717, 1.165) is 0 Å². The Kier molecular flexibility index (Phi) is 3.28. The van der Waals surface area contributed by atoms with Gasteiger partial charge in [0, 0.05) is 5.56 Å². The first kappa shape index (κ1) is 11.3. The maximum Gasteiger partial charge on any atom is 0.149 e. The molecular weight excluding hydrogens is 251 g/mol. The number of thiol groups is 1. The fourth-order valence-electron chi connectivity index (χ4n) is 0.831. The minimum Gasteiger partial charge on any atom is -0.231 e. The van der Waals surface area contributed by atoms with Crippen LogP contribution in [0.5, 0.6) is 0 Å². The third kappa shape index (κ3) is 2.01. The van der Waals surface area contributed by atoms with E-state index in [9.17, 15) is 8.42 Å². The van der Waals surface area contributed by atoms with Gasteiger partial charge < -0.3 is 0 Å². The molecule has 0 aliphatic carbocycles. The average molecular weight is 259 g/mol. The molecule has 74 valence electrons. The summed E-state index contributed by atoms with van der Waals surface area (Å²) in [5, 5.41) is 2.02. The van der Waals surface area contributed by atoms with Crippen LogP contribution in [0.4, 0.5) is 0 Å². The summed E-state index contributed by atoms with van der Waals surface area (Å²) in [6, 6.07) is 0. The summed E-state index contributed by atoms with van der Waals surface area (Å²) in [5.74, 6) is 0. The van der Waals surface area contributed by atoms with Crippen LogP contribution in [0.1, 0.15) is 19.4 Å². The summed E-state index contributed by atoms with van der Waals surface area (Å²) in [6.45, 7) is 3.20. The summed E-state index contributed by atoms with van der Waals surface area (Å²) in [5.41, 5.74) is 0.570. The predicted molar refractivity (Wildman–Crippen MR) is 57.7 cm³/mol. The third-order valence-electron chi connectivity index (χ3n) is 1.80. The fraction of sp³-hybridized carbons (Fsp3) is 0.429. The van der Waals surface area contributed by atoms with Crippen LogP contribution < -0.4 is 0 Å². The minimum atomic E-state index is -2.56. The van der Waals surface area contributed by atoms with Crippen molar-refractivity contribution in [3.05, 3.63) is 20.3 Å². The monoisotopic (exact) mass is 258 g/mol. The molecule has 1 rings (SSSR count). The Labute approximate surface area is 92.4 Å². The van der Waals surface area contributed by atoms with Crippen LogP contribution in [0.3, 0.4) is 0 Å². The number of halogens is 2. The zero-order chi connectivity index (χ0) is 10.2. The van der Waals surface area contributed by atoms with Crippen LogP contribution in [-0.4, -0.2) is 8.42 Å². The van der Waals surface area contributed by atoms with E-state index in [1.54, 1.807) is 19.2 Å². The molecule has 1 heterocycles. The molecular formula is C7H8Cl2O2S2. The van der Waals surface area contributed by atoms with Gasteiger partial charge in [-0.25, -0.2) is 8.42 Å². The first-order chi connectivity index (χ1) is 5.87. The number of rotatable bonds is 2. The minimum absolute atomic E-state index is 0.343. The molecule has 0 N–H and O–H groups in total. The molecule has 6 heteroatoms. The van der Waals surface area contributed by atoms with Gasteiger partial charge in [0.25, 0.3) is 0 Å². The molecule has 2 nitrogen and oxygen atoms in total. The smallest absolute Gasteiger partial charge is 0.149 e. The van der Waals surface area contributed by atoms with Gasteiger partial charge in [-0.2, -0.15) is 0 Å². The van der Waals surface area contributed by atoms with E-state index in [1.165, 1.54) is 11.3 Å². The van der Waals surface area contributed by atoms with Crippen molar-refractivity contribution in [3.63, 3.8) is 0 Å². The highest BCUT2D eigenvalue weighted by molar-refractivity contribution is 7.73. The molecule has 0 saturated heterocycles. The Morgan fingerprint density at radius 3 is 2.23 bits per heavy atom. The van der Waals surface area contributed by atoms with Crippen molar-refractivity contribution in [1.82, 2.24) is 0 Å². The normalized spacial score (nSPS) is 12.4. The van der Waals surface area contributed by atoms with E-state index in [0.29, 0.717) is 14.9 Å². The number of thiophene rings is 1. The van der Waals surface area contributed by atoms with Crippen molar-refractivity contribution in [3.8, 4) is 0 Å². The lowest BCUT2D eigenvalue weighted by molar-refractivity contribution is 0.577. The molecule has 0 spiro atoms. The highest BCUT2D eigenvalue weighted by Gasteiger charge is 2.28. The number of hydrogen-bond donors (Lipinski definition) is 1. The SMILES string of the molecule is CC(C)(c1csc(Cl)c1Cl)[SH](=O)=O. The Balaban J connectivity index is 3.30. The first-order valence-corrected chi connectivity index (χ1v) is 6.26. The van der Waals surface area contributed by atoms with Crippen LogP contribution in [-0.2, 0) is 15.5 Å². The van der Waals surface area contributed by atoms with Crippen molar-refractivity contribution in [2.45, 2.75) is 18.6 Å². The molecule has 1 aromatic rings. The largest absolute Gasteiger partial charge is 0.231 e. The van der Waals surface area contributed by atoms with Gasteiger partial charge in [-0.1, -0.05) is 23.2 Å². The Morgan fingerprint density at radius 1 is 1.38 bits per heavy atom. The fourth-order valence-corrected chi connectivity index (χ4v) is 2.93. The van der Waals surface area contributed by atoms with Crippen molar-refractivity contribution in [1.29, 1.82) is 0 Å². The summed E-state index contributed by atoms with van der Waals surface area (Å²) in [7, 11) is -2.56. The van der Waals surface area contributed by atoms with Crippen LogP contribution in [0.25, 0.3) is 0 Å². The third-order valence-corrected chi connectivity index (χ3v) is 4.78. The second kappa shape index (κ2) is 3.77. The quantitative estimate of drug-likeness (QED) is 0.828. The second-order valence-corrected chi connectivity index (χ2v) is 6.55. The lowest BCUT2D eigenvalue weighted by Crippen LogP contribution is -2.18. The van der Waals surface area contributed by atoms with Gasteiger partial charge in [0.2, 0.25) is 0 Å². The first-order valence-electron chi connectivity index (χ1n) is 3.45. The Hall–Kier alpha value is 0.230. The summed E-state index contributed by atoms with van der Waals surface area (Å²) in [4.78, 5) is 0. The van der Waals surface area contributed by atoms with E-state index in [4.69, 9.17) is 23.2 Å². The van der Waals surface area contributed by atoms with E-state index in [-0.39, 0.29) is 0 Å². The van der Waals surface area contributed by atoms with Gasteiger partial charge in [0.05, 0.1) is 9.77 Å². The standard InChI is InChI=1S/C7H8Cl2O2S2/c1-7(2,13(10)11)4-3-12-6(9)5(4)8/h3,13H,1-2H3. The summed E-state index contributed by atoms with van der Waals surface area (Å²) < 4.78 is 21.3. The lowest BCUT2D eigenvalue weighted by atomic mass is 10.1. The summed E-state index contributed by atoms with van der Waals surface area (Å²) >= 11 is 12.8. The predicted octanol–water partition coefficient (Wildman–Crippen LogP) is 2.90.